The SMILES string of the molecule is CCOC(=O)c1c(NC(=O)c2ccc(F)cc2)sc(C)c1-c1ccc(OC)c(OC)c1. The Morgan fingerprint density at radius 2 is 1.71 bits per heavy atom. The van der Waals surface area contributed by atoms with E-state index in [0.29, 0.717) is 22.1 Å². The molecule has 0 atom stereocenters. The van der Waals surface area contributed by atoms with E-state index in [-0.39, 0.29) is 17.7 Å². The largest absolute Gasteiger partial charge is 0.493 e. The lowest BCUT2D eigenvalue weighted by Crippen LogP contribution is -2.14. The molecule has 0 aliphatic heterocycles. The Bertz CT molecular complexity index is 1110. The van der Waals surface area contributed by atoms with E-state index in [2.05, 4.69) is 5.32 Å². The summed E-state index contributed by atoms with van der Waals surface area (Å²) in [4.78, 5) is 26.3. The minimum absolute atomic E-state index is 0.185. The summed E-state index contributed by atoms with van der Waals surface area (Å²) in [7, 11) is 3.07. The van der Waals surface area contributed by atoms with E-state index in [1.54, 1.807) is 26.2 Å². The number of hydrogen-bond donors (Lipinski definition) is 1. The van der Waals surface area contributed by atoms with Crippen LogP contribution in [0.15, 0.2) is 42.5 Å². The van der Waals surface area contributed by atoms with Crippen molar-refractivity contribution in [1.29, 1.82) is 0 Å². The molecule has 0 fully saturated rings. The predicted molar refractivity (Wildman–Crippen MR) is 118 cm³/mol. The number of nitrogens with one attached hydrogen (secondary N) is 1. The highest BCUT2D eigenvalue weighted by Crippen LogP contribution is 2.43. The molecule has 0 spiro atoms. The highest BCUT2D eigenvalue weighted by atomic mass is 32.1. The van der Waals surface area contributed by atoms with Crippen molar-refractivity contribution in [3.63, 3.8) is 0 Å². The Hall–Kier alpha value is -3.39. The quantitative estimate of drug-likeness (QED) is 0.501. The first-order valence-corrected chi connectivity index (χ1v) is 10.3. The fourth-order valence-corrected chi connectivity index (χ4v) is 4.21. The molecule has 1 amide bonds. The molecule has 8 heteroatoms. The third kappa shape index (κ3) is 4.69. The van der Waals surface area contributed by atoms with Crippen LogP contribution in [0.1, 0.15) is 32.5 Å². The first-order valence-electron chi connectivity index (χ1n) is 9.49. The smallest absolute Gasteiger partial charge is 0.341 e. The van der Waals surface area contributed by atoms with Crippen molar-refractivity contribution in [1.82, 2.24) is 0 Å². The van der Waals surface area contributed by atoms with Crippen molar-refractivity contribution in [2.45, 2.75) is 13.8 Å². The molecular weight excluding hydrogens is 421 g/mol. The second kappa shape index (κ2) is 9.61. The zero-order chi connectivity index (χ0) is 22.5. The van der Waals surface area contributed by atoms with Gasteiger partial charge in [-0.05, 0) is 55.8 Å². The van der Waals surface area contributed by atoms with Gasteiger partial charge in [-0.1, -0.05) is 6.07 Å². The standard InChI is InChI=1S/C23H22FNO5S/c1-5-30-23(27)20-19(15-8-11-17(28-3)18(12-15)29-4)13(2)31-22(20)25-21(26)14-6-9-16(24)10-7-14/h6-12H,5H2,1-4H3,(H,25,26). The van der Waals surface area contributed by atoms with E-state index in [9.17, 15) is 14.0 Å². The zero-order valence-electron chi connectivity index (χ0n) is 17.6. The Labute approximate surface area is 183 Å². The molecule has 3 aromatic rings. The monoisotopic (exact) mass is 443 g/mol. The van der Waals surface area contributed by atoms with Crippen LogP contribution >= 0.6 is 11.3 Å². The molecule has 0 aliphatic carbocycles. The number of aryl methyl sites for hydroxylation is 1. The number of thiophene rings is 1. The van der Waals surface area contributed by atoms with Gasteiger partial charge in [-0.3, -0.25) is 4.79 Å². The third-order valence-electron chi connectivity index (χ3n) is 4.57. The highest BCUT2D eigenvalue weighted by Gasteiger charge is 2.26. The van der Waals surface area contributed by atoms with E-state index in [0.717, 1.165) is 10.4 Å². The van der Waals surface area contributed by atoms with Crippen molar-refractivity contribution < 1.29 is 28.2 Å². The van der Waals surface area contributed by atoms with Crippen LogP contribution in [0.3, 0.4) is 0 Å². The minimum atomic E-state index is -0.550. The van der Waals surface area contributed by atoms with E-state index >= 15 is 0 Å². The summed E-state index contributed by atoms with van der Waals surface area (Å²) in [5.41, 5.74) is 1.89. The molecule has 0 radical (unpaired) electrons. The molecule has 0 aliphatic rings. The molecule has 0 saturated carbocycles. The molecule has 1 heterocycles. The van der Waals surface area contributed by atoms with Gasteiger partial charge in [0, 0.05) is 16.0 Å². The molecule has 162 valence electrons. The Balaban J connectivity index is 2.08. The van der Waals surface area contributed by atoms with Crippen LogP contribution < -0.4 is 14.8 Å². The molecule has 6 nitrogen and oxygen atoms in total. The number of carbonyl (C=O) groups is 2. The maximum Gasteiger partial charge on any atom is 0.341 e. The number of ether oxygens (including phenoxy) is 3. The Morgan fingerprint density at radius 3 is 2.32 bits per heavy atom. The number of hydrogen-bond acceptors (Lipinski definition) is 6. The number of methoxy groups -OCH3 is 2. The van der Waals surface area contributed by atoms with Gasteiger partial charge in [0.15, 0.2) is 11.5 Å². The number of benzene rings is 2. The van der Waals surface area contributed by atoms with Gasteiger partial charge in [-0.2, -0.15) is 0 Å². The number of anilines is 1. The normalized spacial score (nSPS) is 10.5. The molecule has 31 heavy (non-hydrogen) atoms. The lowest BCUT2D eigenvalue weighted by Gasteiger charge is -2.12. The van der Waals surface area contributed by atoms with Gasteiger partial charge >= 0.3 is 5.97 Å². The van der Waals surface area contributed by atoms with Crippen LogP contribution in [0.4, 0.5) is 9.39 Å². The van der Waals surface area contributed by atoms with Crippen molar-refractivity contribution >= 4 is 28.2 Å². The molecule has 0 unspecified atom stereocenters. The van der Waals surface area contributed by atoms with Crippen LogP contribution in [0, 0.1) is 12.7 Å². The Kier molecular flexibility index (Phi) is 6.91. The minimum Gasteiger partial charge on any atom is -0.493 e. The van der Waals surface area contributed by atoms with Gasteiger partial charge in [0.25, 0.3) is 5.91 Å². The fraction of sp³-hybridized carbons (Fsp3) is 0.217. The van der Waals surface area contributed by atoms with Crippen molar-refractivity contribution in [2.75, 3.05) is 26.1 Å². The summed E-state index contributed by atoms with van der Waals surface area (Å²) in [6, 6.07) is 10.5. The van der Waals surface area contributed by atoms with E-state index in [1.807, 2.05) is 13.0 Å². The van der Waals surface area contributed by atoms with Crippen molar-refractivity contribution in [2.24, 2.45) is 0 Å². The van der Waals surface area contributed by atoms with Gasteiger partial charge in [0.05, 0.1) is 20.8 Å². The lowest BCUT2D eigenvalue weighted by atomic mass is 10.0. The highest BCUT2D eigenvalue weighted by molar-refractivity contribution is 7.17. The van der Waals surface area contributed by atoms with Gasteiger partial charge in [-0.15, -0.1) is 11.3 Å². The molecule has 1 N–H and O–H groups in total. The average molecular weight is 443 g/mol. The summed E-state index contributed by atoms with van der Waals surface area (Å²) in [6.07, 6.45) is 0. The Morgan fingerprint density at radius 1 is 1.03 bits per heavy atom. The van der Waals surface area contributed by atoms with Crippen LogP contribution in [-0.4, -0.2) is 32.7 Å². The van der Waals surface area contributed by atoms with E-state index in [4.69, 9.17) is 14.2 Å². The van der Waals surface area contributed by atoms with Crippen LogP contribution in [-0.2, 0) is 4.74 Å². The second-order valence-electron chi connectivity index (χ2n) is 6.49. The summed E-state index contributed by atoms with van der Waals surface area (Å²) in [6.45, 7) is 3.75. The van der Waals surface area contributed by atoms with Crippen LogP contribution in [0.2, 0.25) is 0 Å². The maximum absolute atomic E-state index is 13.2. The molecule has 0 bridgehead atoms. The first kappa shape index (κ1) is 22.3. The number of carbonyl (C=O) groups excluding carboxylic acids is 2. The lowest BCUT2D eigenvalue weighted by molar-refractivity contribution is 0.0529. The fourth-order valence-electron chi connectivity index (χ4n) is 3.15. The van der Waals surface area contributed by atoms with Crippen molar-refractivity contribution in [3.8, 4) is 22.6 Å². The molecule has 2 aromatic carbocycles. The van der Waals surface area contributed by atoms with Gasteiger partial charge in [0.2, 0.25) is 0 Å². The summed E-state index contributed by atoms with van der Waals surface area (Å²) in [5.74, 6) is -0.373. The van der Waals surface area contributed by atoms with Crippen LogP contribution in [0.5, 0.6) is 11.5 Å². The molecule has 0 saturated heterocycles. The number of amides is 1. The molecule has 1 aromatic heterocycles. The first-order chi connectivity index (χ1) is 14.9. The third-order valence-corrected chi connectivity index (χ3v) is 5.59. The molecule has 3 rings (SSSR count). The predicted octanol–water partition coefficient (Wildman–Crippen LogP) is 5.31. The topological polar surface area (TPSA) is 73.9 Å². The number of esters is 1. The summed E-state index contributed by atoms with van der Waals surface area (Å²) in [5, 5.41) is 3.12. The van der Waals surface area contributed by atoms with Crippen LogP contribution in [0.25, 0.3) is 11.1 Å². The van der Waals surface area contributed by atoms with Crippen molar-refractivity contribution in [3.05, 3.63) is 64.3 Å². The second-order valence-corrected chi connectivity index (χ2v) is 7.71. The van der Waals surface area contributed by atoms with Gasteiger partial charge in [0.1, 0.15) is 16.4 Å². The maximum atomic E-state index is 13.2. The van der Waals surface area contributed by atoms with Gasteiger partial charge < -0.3 is 19.5 Å². The average Bonchev–Trinajstić information content (AvgIpc) is 3.09. The van der Waals surface area contributed by atoms with Gasteiger partial charge in [-0.25, -0.2) is 9.18 Å². The summed E-state index contributed by atoms with van der Waals surface area (Å²) >= 11 is 1.26. The zero-order valence-corrected chi connectivity index (χ0v) is 18.4. The van der Waals surface area contributed by atoms with E-state index in [1.165, 1.54) is 42.7 Å². The van der Waals surface area contributed by atoms with E-state index < -0.39 is 17.7 Å². The number of rotatable bonds is 7. The summed E-state index contributed by atoms with van der Waals surface area (Å²) < 4.78 is 29.1. The number of halogens is 1. The molecular formula is C23H22FNO5S.